The number of carboxylic acid groups (broad SMARTS) is 1. The first-order chi connectivity index (χ1) is 9.11. The number of benzene rings is 1. The maximum absolute atomic E-state index is 11.8. The highest BCUT2D eigenvalue weighted by molar-refractivity contribution is 6.99. The topological polar surface area (TPSA) is 101 Å². The average molecular weight is 279 g/mol. The van der Waals surface area contributed by atoms with Gasteiger partial charge in [-0.2, -0.15) is 8.75 Å². The van der Waals surface area contributed by atoms with E-state index in [1.807, 2.05) is 0 Å². The third kappa shape index (κ3) is 2.86. The molecule has 0 atom stereocenters. The van der Waals surface area contributed by atoms with Crippen molar-refractivity contribution in [2.24, 2.45) is 0 Å². The fourth-order valence-corrected chi connectivity index (χ4v) is 1.80. The Balaban J connectivity index is 2.29. The van der Waals surface area contributed by atoms with Gasteiger partial charge in [0, 0.05) is 0 Å². The number of nitrogens with zero attached hydrogens (tertiary/aromatic N) is 2. The van der Waals surface area contributed by atoms with E-state index in [9.17, 15) is 9.59 Å². The highest BCUT2D eigenvalue weighted by Crippen LogP contribution is 2.22. The zero-order valence-corrected chi connectivity index (χ0v) is 10.6. The second-order valence-electron chi connectivity index (χ2n) is 3.46. The third-order valence-corrected chi connectivity index (χ3v) is 2.78. The van der Waals surface area contributed by atoms with Gasteiger partial charge in [0.1, 0.15) is 5.75 Å². The van der Waals surface area contributed by atoms with Crippen molar-refractivity contribution in [2.75, 3.05) is 12.4 Å². The lowest BCUT2D eigenvalue weighted by Gasteiger charge is -2.08. The Hall–Kier alpha value is -2.48. The number of carbonyl (C=O) groups excluding carboxylic acids is 1. The Morgan fingerprint density at radius 1 is 1.42 bits per heavy atom. The van der Waals surface area contributed by atoms with Gasteiger partial charge < -0.3 is 15.2 Å². The molecular formula is C11H9N3O4S. The Morgan fingerprint density at radius 3 is 2.79 bits per heavy atom. The number of nitrogens with one attached hydrogen (secondary N) is 1. The molecule has 2 N–H and O–H groups in total. The van der Waals surface area contributed by atoms with Crippen molar-refractivity contribution >= 4 is 29.3 Å². The Bertz CT molecular complexity index is 612. The summed E-state index contributed by atoms with van der Waals surface area (Å²) in [6.45, 7) is 0. The highest BCUT2D eigenvalue weighted by atomic mass is 32.1. The summed E-state index contributed by atoms with van der Waals surface area (Å²) in [6, 6.07) is 4.35. The molecule has 0 saturated carbocycles. The molecular weight excluding hydrogens is 270 g/mol. The molecule has 2 aromatic rings. The maximum Gasteiger partial charge on any atom is 0.337 e. The average Bonchev–Trinajstić information content (AvgIpc) is 2.92. The number of carbonyl (C=O) groups is 2. The van der Waals surface area contributed by atoms with Gasteiger partial charge in [0.05, 0.1) is 36.3 Å². The molecule has 1 heterocycles. The van der Waals surface area contributed by atoms with Crippen LogP contribution in [-0.4, -0.2) is 32.8 Å². The summed E-state index contributed by atoms with van der Waals surface area (Å²) in [4.78, 5) is 22.9. The summed E-state index contributed by atoms with van der Waals surface area (Å²) in [7, 11) is 1.43. The zero-order valence-electron chi connectivity index (χ0n) is 9.78. The molecule has 2 rings (SSSR count). The predicted octanol–water partition coefficient (Wildman–Crippen LogP) is 1.50. The fraction of sp³-hybridized carbons (Fsp3) is 0.0909. The van der Waals surface area contributed by atoms with E-state index in [0.717, 1.165) is 11.7 Å². The number of anilines is 1. The minimum atomic E-state index is -1.16. The summed E-state index contributed by atoms with van der Waals surface area (Å²) in [5, 5.41) is 11.6. The SMILES string of the molecule is COc1ccc(NC(=O)c2cnsn2)c(C(=O)O)c1. The van der Waals surface area contributed by atoms with Gasteiger partial charge in [0.2, 0.25) is 0 Å². The largest absolute Gasteiger partial charge is 0.497 e. The van der Waals surface area contributed by atoms with Crippen LogP contribution in [0.5, 0.6) is 5.75 Å². The van der Waals surface area contributed by atoms with E-state index in [1.165, 1.54) is 25.4 Å². The fourth-order valence-electron chi connectivity index (χ4n) is 1.39. The smallest absolute Gasteiger partial charge is 0.337 e. The van der Waals surface area contributed by atoms with E-state index < -0.39 is 11.9 Å². The van der Waals surface area contributed by atoms with Crippen LogP contribution in [0.15, 0.2) is 24.4 Å². The normalized spacial score (nSPS) is 9.95. The Kier molecular flexibility index (Phi) is 3.71. The molecule has 19 heavy (non-hydrogen) atoms. The third-order valence-electron chi connectivity index (χ3n) is 2.30. The molecule has 0 radical (unpaired) electrons. The number of aromatic nitrogens is 2. The summed E-state index contributed by atoms with van der Waals surface area (Å²) in [5.41, 5.74) is 0.249. The molecule has 0 bridgehead atoms. The maximum atomic E-state index is 11.8. The van der Waals surface area contributed by atoms with E-state index >= 15 is 0 Å². The predicted molar refractivity (Wildman–Crippen MR) is 67.8 cm³/mol. The van der Waals surface area contributed by atoms with Gasteiger partial charge in [-0.3, -0.25) is 4.79 Å². The summed E-state index contributed by atoms with van der Waals surface area (Å²) < 4.78 is 12.4. The lowest BCUT2D eigenvalue weighted by atomic mass is 10.1. The molecule has 1 amide bonds. The molecule has 1 aromatic heterocycles. The second-order valence-corrected chi connectivity index (χ2v) is 4.02. The van der Waals surface area contributed by atoms with E-state index in [1.54, 1.807) is 6.07 Å². The lowest BCUT2D eigenvalue weighted by Crippen LogP contribution is -2.15. The van der Waals surface area contributed by atoms with Crippen molar-refractivity contribution in [3.8, 4) is 5.75 Å². The Morgan fingerprint density at radius 2 is 2.21 bits per heavy atom. The number of aromatic carboxylic acids is 1. The number of methoxy groups -OCH3 is 1. The number of amides is 1. The lowest BCUT2D eigenvalue weighted by molar-refractivity contribution is 0.0697. The van der Waals surface area contributed by atoms with E-state index in [2.05, 4.69) is 14.1 Å². The minimum absolute atomic E-state index is 0.0594. The van der Waals surface area contributed by atoms with Crippen molar-refractivity contribution in [2.45, 2.75) is 0 Å². The molecule has 0 aliphatic heterocycles. The van der Waals surface area contributed by atoms with Crippen LogP contribution in [0.25, 0.3) is 0 Å². The second kappa shape index (κ2) is 5.44. The van der Waals surface area contributed by atoms with Gasteiger partial charge in [-0.15, -0.1) is 0 Å². The molecule has 7 nitrogen and oxygen atoms in total. The van der Waals surface area contributed by atoms with Crippen LogP contribution in [0.4, 0.5) is 5.69 Å². The van der Waals surface area contributed by atoms with Crippen LogP contribution in [0, 0.1) is 0 Å². The quantitative estimate of drug-likeness (QED) is 0.879. The first kappa shape index (κ1) is 13.0. The molecule has 0 saturated heterocycles. The van der Waals surface area contributed by atoms with Crippen LogP contribution in [-0.2, 0) is 0 Å². The van der Waals surface area contributed by atoms with Crippen LogP contribution < -0.4 is 10.1 Å². The molecule has 0 spiro atoms. The number of ether oxygens (including phenoxy) is 1. The van der Waals surface area contributed by atoms with Gasteiger partial charge in [-0.1, -0.05) is 0 Å². The van der Waals surface area contributed by atoms with Crippen LogP contribution in [0.2, 0.25) is 0 Å². The van der Waals surface area contributed by atoms with Gasteiger partial charge in [-0.05, 0) is 18.2 Å². The van der Waals surface area contributed by atoms with Gasteiger partial charge in [-0.25, -0.2) is 4.79 Å². The molecule has 8 heteroatoms. The summed E-state index contributed by atoms with van der Waals surface area (Å²) in [5.74, 6) is -1.28. The van der Waals surface area contributed by atoms with Crippen LogP contribution >= 0.6 is 11.7 Å². The molecule has 0 aliphatic carbocycles. The van der Waals surface area contributed by atoms with Crippen LogP contribution in [0.3, 0.4) is 0 Å². The van der Waals surface area contributed by atoms with Crippen molar-refractivity contribution in [1.82, 2.24) is 8.75 Å². The van der Waals surface area contributed by atoms with Crippen molar-refractivity contribution in [3.63, 3.8) is 0 Å². The van der Waals surface area contributed by atoms with E-state index in [-0.39, 0.29) is 16.9 Å². The monoisotopic (exact) mass is 279 g/mol. The number of rotatable bonds is 4. The van der Waals surface area contributed by atoms with E-state index in [4.69, 9.17) is 9.84 Å². The molecule has 0 aliphatic rings. The highest BCUT2D eigenvalue weighted by Gasteiger charge is 2.16. The van der Waals surface area contributed by atoms with Crippen LogP contribution in [0.1, 0.15) is 20.8 Å². The molecule has 98 valence electrons. The van der Waals surface area contributed by atoms with Gasteiger partial charge in [0.25, 0.3) is 5.91 Å². The van der Waals surface area contributed by atoms with Gasteiger partial charge >= 0.3 is 5.97 Å². The van der Waals surface area contributed by atoms with Crippen molar-refractivity contribution in [1.29, 1.82) is 0 Å². The van der Waals surface area contributed by atoms with Gasteiger partial charge in [0.15, 0.2) is 5.69 Å². The molecule has 0 fully saturated rings. The first-order valence-corrected chi connectivity index (χ1v) is 5.85. The number of carboxylic acids is 1. The summed E-state index contributed by atoms with van der Waals surface area (Å²) in [6.07, 6.45) is 1.31. The molecule has 1 aromatic carbocycles. The van der Waals surface area contributed by atoms with Crippen molar-refractivity contribution in [3.05, 3.63) is 35.7 Å². The first-order valence-electron chi connectivity index (χ1n) is 5.12. The Labute approximate surface area is 112 Å². The number of hydrogen-bond donors (Lipinski definition) is 2. The number of hydrogen-bond acceptors (Lipinski definition) is 6. The zero-order chi connectivity index (χ0) is 13.8. The standard InChI is InChI=1S/C11H9N3O4S/c1-18-6-2-3-8(7(4-6)11(16)17)13-10(15)9-5-12-19-14-9/h2-5H,1H3,(H,13,15)(H,16,17). The van der Waals surface area contributed by atoms with Crippen molar-refractivity contribution < 1.29 is 19.4 Å². The summed E-state index contributed by atoms with van der Waals surface area (Å²) >= 11 is 0.898. The minimum Gasteiger partial charge on any atom is -0.497 e. The molecule has 0 unspecified atom stereocenters. The van der Waals surface area contributed by atoms with E-state index in [0.29, 0.717) is 5.75 Å².